The van der Waals surface area contributed by atoms with Gasteiger partial charge in [-0.25, -0.2) is 0 Å². The normalized spacial score (nSPS) is 11.5. The van der Waals surface area contributed by atoms with E-state index in [0.29, 0.717) is 0 Å². The molecule has 0 unspecified atom stereocenters. The van der Waals surface area contributed by atoms with E-state index in [0.717, 1.165) is 17.0 Å². The van der Waals surface area contributed by atoms with Gasteiger partial charge in [0.1, 0.15) is 18.3 Å². The number of nitrogens with zero attached hydrogens (tertiary/aromatic N) is 3. The zero-order valence-corrected chi connectivity index (χ0v) is 18.0. The van der Waals surface area contributed by atoms with Gasteiger partial charge in [-0.1, -0.05) is 85.2 Å². The Kier molecular flexibility index (Phi) is 9.38. The van der Waals surface area contributed by atoms with Gasteiger partial charge in [0.05, 0.1) is 18.1 Å². The van der Waals surface area contributed by atoms with Crippen LogP contribution in [-0.2, 0) is 16.2 Å². The molecule has 0 aliphatic heterocycles. The van der Waals surface area contributed by atoms with Crippen LogP contribution in [0, 0.1) is 0 Å². The van der Waals surface area contributed by atoms with Gasteiger partial charge < -0.3 is 13.6 Å². The largest absolute Gasteiger partial charge is 0.364 e. The minimum absolute atomic E-state index is 0. The van der Waals surface area contributed by atoms with Crippen LogP contribution in [0.1, 0.15) is 86.8 Å². The van der Waals surface area contributed by atoms with Gasteiger partial charge in [-0.15, -0.1) is 0 Å². The summed E-state index contributed by atoms with van der Waals surface area (Å²) >= 11 is 0. The van der Waals surface area contributed by atoms with Crippen molar-refractivity contribution in [3.63, 3.8) is 0 Å². The van der Waals surface area contributed by atoms with Crippen LogP contribution < -0.4 is 0 Å². The Morgan fingerprint density at radius 2 is 1.39 bits per heavy atom. The third-order valence-corrected chi connectivity index (χ3v) is 3.68. The average Bonchev–Trinajstić information content (AvgIpc) is 3.28. The third-order valence-electron chi connectivity index (χ3n) is 3.68. The van der Waals surface area contributed by atoms with Crippen LogP contribution in [0.25, 0.3) is 0 Å². The smallest absolute Gasteiger partial charge is 0.142 e. The Balaban J connectivity index is 0.000000384. The van der Waals surface area contributed by atoms with Gasteiger partial charge in [0.2, 0.25) is 0 Å². The molecule has 0 saturated heterocycles. The zero-order chi connectivity index (χ0) is 20.7. The molecular weight excluding hydrogens is 354 g/mol. The summed E-state index contributed by atoms with van der Waals surface area (Å²) in [5.74, 6) is 0.933. The van der Waals surface area contributed by atoms with Crippen molar-refractivity contribution in [3.8, 4) is 0 Å². The van der Waals surface area contributed by atoms with E-state index in [1.165, 1.54) is 0 Å². The van der Waals surface area contributed by atoms with Crippen molar-refractivity contribution < 1.29 is 13.6 Å². The Hall–Kier alpha value is -2.37. The van der Waals surface area contributed by atoms with Gasteiger partial charge in [0, 0.05) is 28.5 Å². The first-order chi connectivity index (χ1) is 12.3. The topological polar surface area (TPSA) is 78.1 Å². The van der Waals surface area contributed by atoms with E-state index in [1.807, 2.05) is 12.1 Å². The first-order valence-electron chi connectivity index (χ1n) is 9.03. The number of hydrogen-bond acceptors (Lipinski definition) is 6. The lowest BCUT2D eigenvalue weighted by Gasteiger charge is -2.13. The van der Waals surface area contributed by atoms with Gasteiger partial charge in [-0.2, -0.15) is 0 Å². The summed E-state index contributed by atoms with van der Waals surface area (Å²) in [5, 5.41) is 11.0. The molecule has 0 aliphatic carbocycles. The van der Waals surface area contributed by atoms with Gasteiger partial charge in [0.25, 0.3) is 0 Å². The molecule has 0 aliphatic rings. The summed E-state index contributed by atoms with van der Waals surface area (Å²) in [6.07, 6.45) is 6.70. The summed E-state index contributed by atoms with van der Waals surface area (Å²) in [4.78, 5) is 0. The van der Waals surface area contributed by atoms with Gasteiger partial charge in [0.15, 0.2) is 0 Å². The fourth-order valence-corrected chi connectivity index (χ4v) is 1.78. The molecule has 0 spiro atoms. The lowest BCUT2D eigenvalue weighted by atomic mass is 9.90. The maximum absolute atomic E-state index is 4.95. The highest BCUT2D eigenvalue weighted by molar-refractivity contribution is 5.12. The molecular formula is C22H37N3O3. The van der Waals surface area contributed by atoms with Crippen LogP contribution in [-0.4, -0.2) is 15.5 Å². The minimum atomic E-state index is 0. The molecule has 158 valence electrons. The molecule has 0 N–H and O–H groups in total. The van der Waals surface area contributed by atoms with Crippen molar-refractivity contribution in [2.24, 2.45) is 0 Å². The fraction of sp³-hybridized carbons (Fsp3) is 0.591. The first kappa shape index (κ1) is 25.6. The van der Waals surface area contributed by atoms with Crippen molar-refractivity contribution in [3.05, 3.63) is 54.1 Å². The quantitative estimate of drug-likeness (QED) is 0.432. The van der Waals surface area contributed by atoms with Crippen LogP contribution in [0.4, 0.5) is 0 Å². The first-order valence-corrected chi connectivity index (χ1v) is 9.03. The molecule has 6 heteroatoms. The third kappa shape index (κ3) is 9.02. The second-order valence-corrected chi connectivity index (χ2v) is 9.42. The van der Waals surface area contributed by atoms with Crippen LogP contribution in [0.3, 0.4) is 0 Å². The average molecular weight is 392 g/mol. The molecule has 0 bridgehead atoms. The number of aromatic nitrogens is 3. The highest BCUT2D eigenvalue weighted by Crippen LogP contribution is 2.21. The predicted molar refractivity (Wildman–Crippen MR) is 112 cm³/mol. The maximum Gasteiger partial charge on any atom is 0.142 e. The standard InChI is InChI=1S/3C7H11NO.CH4/c1-7(2,3)6-4-8-9-5-6;1-7(2,3)6-4-5-9-8-6;1-7(2,3)6-4-5-8-9-6;/h3*4-5H,1-3H3;1H4. The highest BCUT2D eigenvalue weighted by Gasteiger charge is 2.17. The van der Waals surface area contributed by atoms with E-state index >= 15 is 0 Å². The summed E-state index contributed by atoms with van der Waals surface area (Å²) in [5.41, 5.74) is 2.52. The van der Waals surface area contributed by atoms with Crippen molar-refractivity contribution in [1.82, 2.24) is 15.5 Å². The molecule has 0 fully saturated rings. The molecule has 3 aromatic rings. The lowest BCUT2D eigenvalue weighted by Crippen LogP contribution is -2.10. The van der Waals surface area contributed by atoms with Crippen LogP contribution in [0.15, 0.2) is 50.6 Å². The Labute approximate surface area is 169 Å². The van der Waals surface area contributed by atoms with E-state index in [4.69, 9.17) is 13.6 Å². The van der Waals surface area contributed by atoms with Crippen molar-refractivity contribution >= 4 is 0 Å². The Morgan fingerprint density at radius 1 is 0.750 bits per heavy atom. The van der Waals surface area contributed by atoms with Crippen LogP contribution >= 0.6 is 0 Å². The van der Waals surface area contributed by atoms with Crippen molar-refractivity contribution in [1.29, 1.82) is 0 Å². The van der Waals surface area contributed by atoms with Crippen LogP contribution in [0.5, 0.6) is 0 Å². The van der Waals surface area contributed by atoms with Gasteiger partial charge in [-0.05, 0) is 5.41 Å². The van der Waals surface area contributed by atoms with E-state index in [9.17, 15) is 0 Å². The predicted octanol–water partition coefficient (Wildman–Crippen LogP) is 6.55. The molecule has 6 nitrogen and oxygen atoms in total. The molecule has 0 amide bonds. The SMILES string of the molecule is C.CC(C)(C)c1ccno1.CC(C)(C)c1ccon1.CC(C)(C)c1cnoc1. The zero-order valence-electron chi connectivity index (χ0n) is 18.0. The fourth-order valence-electron chi connectivity index (χ4n) is 1.78. The van der Waals surface area contributed by atoms with Gasteiger partial charge >= 0.3 is 0 Å². The molecule has 3 heterocycles. The summed E-state index contributed by atoms with van der Waals surface area (Å²) < 4.78 is 14.3. The summed E-state index contributed by atoms with van der Waals surface area (Å²) in [6, 6.07) is 3.78. The maximum atomic E-state index is 4.95. The van der Waals surface area contributed by atoms with Gasteiger partial charge in [-0.3, -0.25) is 0 Å². The number of rotatable bonds is 0. The van der Waals surface area contributed by atoms with Crippen molar-refractivity contribution in [2.45, 2.75) is 86.0 Å². The monoisotopic (exact) mass is 391 g/mol. The van der Waals surface area contributed by atoms with Crippen LogP contribution in [0.2, 0.25) is 0 Å². The minimum Gasteiger partial charge on any atom is -0.364 e. The summed E-state index contributed by atoms with van der Waals surface area (Å²) in [6.45, 7) is 19.0. The molecule has 0 saturated carbocycles. The number of hydrogen-bond donors (Lipinski definition) is 0. The molecule has 0 aromatic carbocycles. The molecule has 3 aromatic heterocycles. The second-order valence-electron chi connectivity index (χ2n) is 9.42. The Morgan fingerprint density at radius 3 is 1.61 bits per heavy atom. The Bertz CT molecular complexity index is 619. The molecule has 3 rings (SSSR count). The lowest BCUT2D eigenvalue weighted by molar-refractivity contribution is 0.329. The van der Waals surface area contributed by atoms with E-state index in [2.05, 4.69) is 77.8 Å². The molecule has 0 radical (unpaired) electrons. The highest BCUT2D eigenvalue weighted by atomic mass is 16.5. The van der Waals surface area contributed by atoms with E-state index in [-0.39, 0.29) is 23.7 Å². The molecule has 0 atom stereocenters. The second kappa shape index (κ2) is 10.2. The van der Waals surface area contributed by atoms with Crippen molar-refractivity contribution in [2.75, 3.05) is 0 Å². The summed E-state index contributed by atoms with van der Waals surface area (Å²) in [7, 11) is 0. The van der Waals surface area contributed by atoms with E-state index in [1.54, 1.807) is 24.9 Å². The van der Waals surface area contributed by atoms with E-state index < -0.39 is 0 Å². The molecule has 28 heavy (non-hydrogen) atoms.